The van der Waals surface area contributed by atoms with Crippen molar-refractivity contribution in [3.63, 3.8) is 0 Å². The average Bonchev–Trinajstić information content (AvgIpc) is 2.98. The number of hydrogen-bond donors (Lipinski definition) is 1. The van der Waals surface area contributed by atoms with Crippen molar-refractivity contribution in [2.24, 2.45) is 0 Å². The van der Waals surface area contributed by atoms with E-state index in [1.54, 1.807) is 29.8 Å². The average molecular weight is 258 g/mol. The Kier molecular flexibility index (Phi) is 2.56. The summed E-state index contributed by atoms with van der Waals surface area (Å²) in [6, 6.07) is 1.76. The first-order chi connectivity index (χ1) is 8.75. The molecule has 0 spiro atoms. The highest BCUT2D eigenvalue weighted by molar-refractivity contribution is 7.08. The minimum atomic E-state index is 0.413. The second-order valence-corrected chi connectivity index (χ2v) is 4.60. The maximum Gasteiger partial charge on any atom is 0.260 e. The molecule has 2 N–H and O–H groups in total. The molecule has 0 unspecified atom stereocenters. The largest absolute Gasteiger partial charge is 0.397 e. The molecule has 0 atom stereocenters. The van der Waals surface area contributed by atoms with Gasteiger partial charge in [0.15, 0.2) is 0 Å². The van der Waals surface area contributed by atoms with E-state index in [0.717, 1.165) is 11.1 Å². The van der Waals surface area contributed by atoms with Gasteiger partial charge in [0.05, 0.1) is 17.4 Å². The van der Waals surface area contributed by atoms with E-state index in [9.17, 15) is 0 Å². The number of rotatable bonds is 2. The lowest BCUT2D eigenvalue weighted by Gasteiger charge is -1.97. The molecule has 0 saturated heterocycles. The first-order valence-corrected chi connectivity index (χ1v) is 6.26. The molecule has 18 heavy (non-hydrogen) atoms. The standard InChI is InChI=1S/C12H10N4OS/c1-7-5-18-6-9(7)11-15-12(17-16-11)8-2-3-14-4-10(8)13/h2-6H,13H2,1H3. The van der Waals surface area contributed by atoms with Crippen LogP contribution < -0.4 is 5.73 Å². The highest BCUT2D eigenvalue weighted by Crippen LogP contribution is 2.28. The van der Waals surface area contributed by atoms with Crippen LogP contribution in [-0.4, -0.2) is 15.1 Å². The zero-order chi connectivity index (χ0) is 12.5. The number of aryl methyl sites for hydroxylation is 1. The summed E-state index contributed by atoms with van der Waals surface area (Å²) in [6.07, 6.45) is 3.21. The Morgan fingerprint density at radius 2 is 2.17 bits per heavy atom. The summed E-state index contributed by atoms with van der Waals surface area (Å²) >= 11 is 1.61. The smallest absolute Gasteiger partial charge is 0.260 e. The van der Waals surface area contributed by atoms with Crippen LogP contribution in [-0.2, 0) is 0 Å². The van der Waals surface area contributed by atoms with Gasteiger partial charge in [0, 0.05) is 17.1 Å². The zero-order valence-corrected chi connectivity index (χ0v) is 10.4. The maximum absolute atomic E-state index is 5.82. The summed E-state index contributed by atoms with van der Waals surface area (Å²) in [5.74, 6) is 0.996. The molecule has 0 aliphatic carbocycles. The van der Waals surface area contributed by atoms with Gasteiger partial charge in [-0.1, -0.05) is 5.16 Å². The van der Waals surface area contributed by atoms with Crippen LogP contribution >= 0.6 is 11.3 Å². The fourth-order valence-corrected chi connectivity index (χ4v) is 2.46. The van der Waals surface area contributed by atoms with Crippen molar-refractivity contribution < 1.29 is 4.52 Å². The molecule has 0 aromatic carbocycles. The van der Waals surface area contributed by atoms with E-state index in [-0.39, 0.29) is 0 Å². The van der Waals surface area contributed by atoms with Gasteiger partial charge in [0.2, 0.25) is 5.82 Å². The van der Waals surface area contributed by atoms with Gasteiger partial charge in [-0.3, -0.25) is 4.98 Å². The highest BCUT2D eigenvalue weighted by atomic mass is 32.1. The van der Waals surface area contributed by atoms with E-state index in [1.807, 2.05) is 17.7 Å². The Balaban J connectivity index is 2.05. The molecule has 0 aliphatic rings. The third-order valence-electron chi connectivity index (χ3n) is 2.60. The van der Waals surface area contributed by atoms with E-state index in [0.29, 0.717) is 23.0 Å². The van der Waals surface area contributed by atoms with Crippen LogP contribution in [0.25, 0.3) is 22.8 Å². The van der Waals surface area contributed by atoms with E-state index in [4.69, 9.17) is 10.3 Å². The lowest BCUT2D eigenvalue weighted by Crippen LogP contribution is -1.90. The summed E-state index contributed by atoms with van der Waals surface area (Å²) in [5.41, 5.74) is 9.17. The van der Waals surface area contributed by atoms with Crippen molar-refractivity contribution in [1.29, 1.82) is 0 Å². The molecule has 6 heteroatoms. The molecule has 0 bridgehead atoms. The monoisotopic (exact) mass is 258 g/mol. The van der Waals surface area contributed by atoms with Gasteiger partial charge in [-0.15, -0.1) is 0 Å². The number of nitrogens with zero attached hydrogens (tertiary/aromatic N) is 3. The topological polar surface area (TPSA) is 77.8 Å². The SMILES string of the molecule is Cc1cscc1-c1noc(-c2ccncc2N)n1. The fourth-order valence-electron chi connectivity index (χ4n) is 1.63. The molecular formula is C12H10N4OS. The second kappa shape index (κ2) is 4.23. The summed E-state index contributed by atoms with van der Waals surface area (Å²) < 4.78 is 5.25. The van der Waals surface area contributed by atoms with Gasteiger partial charge in [0.1, 0.15) is 0 Å². The number of hydrogen-bond acceptors (Lipinski definition) is 6. The van der Waals surface area contributed by atoms with Crippen molar-refractivity contribution in [2.45, 2.75) is 6.92 Å². The zero-order valence-electron chi connectivity index (χ0n) is 9.62. The Bertz CT molecular complexity index is 689. The van der Waals surface area contributed by atoms with Crippen molar-refractivity contribution in [1.82, 2.24) is 15.1 Å². The van der Waals surface area contributed by atoms with Gasteiger partial charge >= 0.3 is 0 Å². The maximum atomic E-state index is 5.82. The molecule has 0 aliphatic heterocycles. The van der Waals surface area contributed by atoms with E-state index in [1.165, 1.54) is 0 Å². The fraction of sp³-hybridized carbons (Fsp3) is 0.0833. The van der Waals surface area contributed by atoms with Crippen LogP contribution in [0.5, 0.6) is 0 Å². The Labute approximate surface area is 107 Å². The molecule has 0 amide bonds. The Morgan fingerprint density at radius 3 is 2.89 bits per heavy atom. The van der Waals surface area contributed by atoms with E-state index in [2.05, 4.69) is 15.1 Å². The Hall–Kier alpha value is -2.21. The van der Waals surface area contributed by atoms with Gasteiger partial charge in [-0.2, -0.15) is 16.3 Å². The minimum Gasteiger partial charge on any atom is -0.397 e. The number of nitrogen functional groups attached to an aromatic ring is 1. The van der Waals surface area contributed by atoms with Gasteiger partial charge < -0.3 is 10.3 Å². The normalized spacial score (nSPS) is 10.7. The van der Waals surface area contributed by atoms with Crippen LogP contribution in [0.3, 0.4) is 0 Å². The molecule has 3 rings (SSSR count). The lowest BCUT2D eigenvalue weighted by molar-refractivity contribution is 0.432. The van der Waals surface area contributed by atoms with Gasteiger partial charge in [0.25, 0.3) is 5.89 Å². The van der Waals surface area contributed by atoms with Crippen LogP contribution in [0.4, 0.5) is 5.69 Å². The Morgan fingerprint density at radius 1 is 1.28 bits per heavy atom. The van der Waals surface area contributed by atoms with Crippen LogP contribution in [0.2, 0.25) is 0 Å². The number of thiophene rings is 1. The molecule has 0 fully saturated rings. The summed E-state index contributed by atoms with van der Waals surface area (Å²) in [7, 11) is 0. The predicted molar refractivity (Wildman–Crippen MR) is 70.0 cm³/mol. The predicted octanol–water partition coefficient (Wildman–Crippen LogP) is 2.75. The molecular weight excluding hydrogens is 248 g/mol. The first kappa shape index (κ1) is 10.9. The van der Waals surface area contributed by atoms with Gasteiger partial charge in [-0.25, -0.2) is 0 Å². The molecule has 3 aromatic rings. The molecule has 0 saturated carbocycles. The minimum absolute atomic E-state index is 0.413. The quantitative estimate of drug-likeness (QED) is 0.764. The summed E-state index contributed by atoms with van der Waals surface area (Å²) in [4.78, 5) is 8.29. The molecule has 0 radical (unpaired) electrons. The van der Waals surface area contributed by atoms with E-state index < -0.39 is 0 Å². The van der Waals surface area contributed by atoms with Crippen molar-refractivity contribution in [3.8, 4) is 22.8 Å². The van der Waals surface area contributed by atoms with Crippen molar-refractivity contribution >= 4 is 17.0 Å². The number of pyridine rings is 1. The molecule has 3 aromatic heterocycles. The number of nitrogens with two attached hydrogens (primary N) is 1. The second-order valence-electron chi connectivity index (χ2n) is 3.85. The van der Waals surface area contributed by atoms with Crippen LogP contribution in [0, 0.1) is 6.92 Å². The lowest BCUT2D eigenvalue weighted by atomic mass is 10.2. The summed E-state index contributed by atoms with van der Waals surface area (Å²) in [6.45, 7) is 2.02. The van der Waals surface area contributed by atoms with Crippen molar-refractivity contribution in [3.05, 3.63) is 34.8 Å². The van der Waals surface area contributed by atoms with E-state index >= 15 is 0 Å². The third-order valence-corrected chi connectivity index (χ3v) is 3.47. The van der Waals surface area contributed by atoms with Crippen LogP contribution in [0.15, 0.2) is 33.7 Å². The third kappa shape index (κ3) is 1.76. The van der Waals surface area contributed by atoms with Crippen LogP contribution in [0.1, 0.15) is 5.56 Å². The molecule has 3 heterocycles. The summed E-state index contributed by atoms with van der Waals surface area (Å²) in [5, 5.41) is 8.03. The number of aromatic nitrogens is 3. The highest BCUT2D eigenvalue weighted by Gasteiger charge is 2.14. The first-order valence-electron chi connectivity index (χ1n) is 5.32. The van der Waals surface area contributed by atoms with Gasteiger partial charge in [-0.05, 0) is 23.9 Å². The number of anilines is 1. The molecule has 5 nitrogen and oxygen atoms in total. The van der Waals surface area contributed by atoms with Crippen molar-refractivity contribution in [2.75, 3.05) is 5.73 Å². The molecule has 90 valence electrons.